The fraction of sp³-hybridized carbons (Fsp3) is 0.120. The van der Waals surface area contributed by atoms with Crippen molar-refractivity contribution < 1.29 is 0 Å². The maximum atomic E-state index is 10.1. The second-order valence-corrected chi connectivity index (χ2v) is 15.2. The number of fused-ring (bicyclic) bond motifs is 4. The Morgan fingerprint density at radius 1 is 0.481 bits per heavy atom. The summed E-state index contributed by atoms with van der Waals surface area (Å²) >= 11 is 0. The van der Waals surface area contributed by atoms with Crippen LogP contribution in [0.25, 0.3) is 27.1 Å². The third kappa shape index (κ3) is 4.96. The van der Waals surface area contributed by atoms with Crippen LogP contribution in [0.4, 0.5) is 39.8 Å². The van der Waals surface area contributed by atoms with Gasteiger partial charge in [-0.3, -0.25) is 0 Å². The van der Waals surface area contributed by atoms with Gasteiger partial charge in [-0.1, -0.05) is 125 Å². The molecule has 2 aliphatic rings. The van der Waals surface area contributed by atoms with Gasteiger partial charge >= 0.3 is 0 Å². The number of rotatable bonds is 4. The van der Waals surface area contributed by atoms with Gasteiger partial charge in [-0.15, -0.1) is 0 Å². The van der Waals surface area contributed by atoms with Crippen LogP contribution in [-0.2, 0) is 10.8 Å². The summed E-state index contributed by atoms with van der Waals surface area (Å²) in [6, 6.07) is 57.8. The zero-order valence-corrected chi connectivity index (χ0v) is 30.8. The fourth-order valence-corrected chi connectivity index (χ4v) is 8.72. The highest BCUT2D eigenvalue weighted by atomic mass is 15.2. The lowest BCUT2D eigenvalue weighted by atomic mass is 9.73. The Morgan fingerprint density at radius 3 is 1.15 bits per heavy atom. The predicted molar refractivity (Wildman–Crippen MR) is 222 cm³/mol. The number of hydrogen-bond acceptors (Lipinski definition) is 3. The van der Waals surface area contributed by atoms with Gasteiger partial charge in [0.1, 0.15) is 0 Å². The molecule has 0 spiro atoms. The molecule has 0 amide bonds. The van der Waals surface area contributed by atoms with Crippen LogP contribution in [0, 0.1) is 17.9 Å². The van der Waals surface area contributed by atoms with Gasteiger partial charge in [-0.25, -0.2) is 4.85 Å². The molecule has 258 valence electrons. The monoisotopic (exact) mass is 694 g/mol. The highest BCUT2D eigenvalue weighted by Crippen LogP contribution is 2.53. The van der Waals surface area contributed by atoms with Crippen LogP contribution in [0.15, 0.2) is 158 Å². The number of para-hydroxylation sites is 4. The molecule has 0 saturated heterocycles. The Hall–Kier alpha value is -6.88. The molecule has 0 N–H and O–H groups in total. The molecule has 9 rings (SSSR count). The quantitative estimate of drug-likeness (QED) is 0.172. The molecule has 2 aliphatic heterocycles. The Bertz CT molecular complexity index is 2400. The summed E-state index contributed by atoms with van der Waals surface area (Å²) in [6.07, 6.45) is 0. The Labute approximate surface area is 317 Å². The van der Waals surface area contributed by atoms with Crippen LogP contribution in [0.1, 0.15) is 55.5 Å². The van der Waals surface area contributed by atoms with Gasteiger partial charge in [-0.2, -0.15) is 5.26 Å². The van der Waals surface area contributed by atoms with Crippen LogP contribution >= 0.6 is 0 Å². The molecule has 0 aliphatic carbocycles. The smallest absolute Gasteiger partial charge is 0.205 e. The first-order valence-corrected chi connectivity index (χ1v) is 18.4. The number of nitriles is 1. The molecule has 0 radical (unpaired) electrons. The molecule has 7 aromatic rings. The van der Waals surface area contributed by atoms with E-state index in [4.69, 9.17) is 6.57 Å². The molecule has 54 heavy (non-hydrogen) atoms. The van der Waals surface area contributed by atoms with Crippen molar-refractivity contribution in [2.45, 2.75) is 38.5 Å². The van der Waals surface area contributed by atoms with E-state index < -0.39 is 0 Å². The molecule has 7 aromatic carbocycles. The first-order chi connectivity index (χ1) is 26.2. The van der Waals surface area contributed by atoms with Gasteiger partial charge in [0, 0.05) is 22.2 Å². The van der Waals surface area contributed by atoms with E-state index in [1.165, 1.54) is 45.0 Å². The minimum Gasteiger partial charge on any atom is -0.310 e. The van der Waals surface area contributed by atoms with Crippen molar-refractivity contribution in [3.05, 3.63) is 197 Å². The zero-order valence-electron chi connectivity index (χ0n) is 30.8. The van der Waals surface area contributed by atoms with Crippen molar-refractivity contribution in [1.29, 1.82) is 5.26 Å². The van der Waals surface area contributed by atoms with Gasteiger partial charge in [0.15, 0.2) is 0 Å². The van der Waals surface area contributed by atoms with E-state index in [2.05, 4.69) is 194 Å². The van der Waals surface area contributed by atoms with Crippen LogP contribution in [0.3, 0.4) is 0 Å². The second kappa shape index (κ2) is 12.4. The topological polar surface area (TPSA) is 34.6 Å². The second-order valence-electron chi connectivity index (χ2n) is 15.2. The third-order valence-corrected chi connectivity index (χ3v) is 11.5. The molecule has 4 heteroatoms. The molecular formula is C50H38N4. The van der Waals surface area contributed by atoms with Crippen LogP contribution in [0.5, 0.6) is 0 Å². The minimum absolute atomic E-state index is 0.135. The summed E-state index contributed by atoms with van der Waals surface area (Å²) in [5.41, 5.74) is 16.2. The van der Waals surface area contributed by atoms with E-state index in [0.717, 1.165) is 33.6 Å². The van der Waals surface area contributed by atoms with E-state index in [9.17, 15) is 5.26 Å². The van der Waals surface area contributed by atoms with Gasteiger partial charge in [-0.05, 0) is 105 Å². The summed E-state index contributed by atoms with van der Waals surface area (Å²) < 4.78 is 0. The van der Waals surface area contributed by atoms with Crippen molar-refractivity contribution in [3.8, 4) is 28.3 Å². The standard InChI is InChI=1S/C50H38N4/c1-49(2)40-14-6-10-18-45(40)53(46-19-11-7-15-41(46)49)36-26-22-33(23-27-36)38-30-35(32-51)44(52-5)31-39(38)34-24-28-37(29-25-34)54-47-20-12-8-16-42(47)50(3,4)43-17-9-13-21-48(43)54/h6-31H,1-4H3. The minimum atomic E-state index is -0.135. The van der Waals surface area contributed by atoms with E-state index in [1.54, 1.807) is 0 Å². The number of benzene rings is 7. The van der Waals surface area contributed by atoms with Crippen molar-refractivity contribution in [2.24, 2.45) is 0 Å². The lowest BCUT2D eigenvalue weighted by Crippen LogP contribution is -2.30. The van der Waals surface area contributed by atoms with Crippen molar-refractivity contribution in [1.82, 2.24) is 0 Å². The van der Waals surface area contributed by atoms with Gasteiger partial charge < -0.3 is 9.80 Å². The van der Waals surface area contributed by atoms with Gasteiger partial charge in [0.05, 0.1) is 41.0 Å². The van der Waals surface area contributed by atoms with Crippen LogP contribution < -0.4 is 9.80 Å². The Kier molecular flexibility index (Phi) is 7.56. The highest BCUT2D eigenvalue weighted by molar-refractivity contribution is 5.92. The Balaban J connectivity index is 1.13. The number of hydrogen-bond donors (Lipinski definition) is 0. The van der Waals surface area contributed by atoms with Crippen LogP contribution in [-0.4, -0.2) is 0 Å². The SMILES string of the molecule is [C-]#[N+]c1cc(-c2ccc(N3c4ccccc4C(C)(C)c4ccccc43)cc2)c(-c2ccc(N3c4ccccc4C(C)(C)c4ccccc43)cc2)cc1C#N. The molecule has 0 unspecified atom stereocenters. The molecule has 2 heterocycles. The lowest BCUT2D eigenvalue weighted by Gasteiger charge is -2.42. The van der Waals surface area contributed by atoms with Gasteiger partial charge in [0.25, 0.3) is 0 Å². The maximum Gasteiger partial charge on any atom is 0.205 e. The van der Waals surface area contributed by atoms with E-state index in [1.807, 2.05) is 12.1 Å². The summed E-state index contributed by atoms with van der Waals surface area (Å²) in [5, 5.41) is 10.1. The summed E-state index contributed by atoms with van der Waals surface area (Å²) in [5.74, 6) is 0. The first kappa shape index (κ1) is 33.0. The highest BCUT2D eigenvalue weighted by Gasteiger charge is 2.37. The fourth-order valence-electron chi connectivity index (χ4n) is 8.72. The molecule has 0 fully saturated rings. The molecule has 0 saturated carbocycles. The number of anilines is 6. The predicted octanol–water partition coefficient (Wildman–Crippen LogP) is 13.7. The lowest BCUT2D eigenvalue weighted by molar-refractivity contribution is 0.632. The van der Waals surface area contributed by atoms with Gasteiger partial charge in [0.2, 0.25) is 5.69 Å². The van der Waals surface area contributed by atoms with Crippen LogP contribution in [0.2, 0.25) is 0 Å². The molecule has 0 aromatic heterocycles. The average Bonchev–Trinajstić information content (AvgIpc) is 3.21. The molecule has 0 bridgehead atoms. The zero-order chi connectivity index (χ0) is 37.2. The largest absolute Gasteiger partial charge is 0.310 e. The number of nitrogens with zero attached hydrogens (tertiary/aromatic N) is 4. The third-order valence-electron chi connectivity index (χ3n) is 11.5. The van der Waals surface area contributed by atoms with E-state index in [0.29, 0.717) is 11.3 Å². The molecule has 4 nitrogen and oxygen atoms in total. The van der Waals surface area contributed by atoms with Crippen molar-refractivity contribution in [2.75, 3.05) is 9.80 Å². The van der Waals surface area contributed by atoms with Crippen molar-refractivity contribution >= 4 is 39.8 Å². The molecule has 0 atom stereocenters. The average molecular weight is 695 g/mol. The summed E-state index contributed by atoms with van der Waals surface area (Å²) in [7, 11) is 0. The normalized spacial score (nSPS) is 14.5. The van der Waals surface area contributed by atoms with E-state index in [-0.39, 0.29) is 10.8 Å². The van der Waals surface area contributed by atoms with E-state index >= 15 is 0 Å². The first-order valence-electron chi connectivity index (χ1n) is 18.4. The maximum absolute atomic E-state index is 10.1. The molecular weight excluding hydrogens is 657 g/mol. The summed E-state index contributed by atoms with van der Waals surface area (Å²) in [4.78, 5) is 8.45. The van der Waals surface area contributed by atoms with Crippen molar-refractivity contribution in [3.63, 3.8) is 0 Å². The summed E-state index contributed by atoms with van der Waals surface area (Å²) in [6.45, 7) is 17.1. The Morgan fingerprint density at radius 2 is 0.815 bits per heavy atom.